The van der Waals surface area contributed by atoms with Crippen molar-refractivity contribution in [2.75, 3.05) is 6.54 Å². The molecule has 3 aromatic heterocycles. The van der Waals surface area contributed by atoms with Gasteiger partial charge in [-0.3, -0.25) is 9.97 Å². The van der Waals surface area contributed by atoms with Crippen molar-refractivity contribution in [2.45, 2.75) is 51.0 Å². The largest absolute Gasteiger partial charge is 0.489 e. The highest BCUT2D eigenvalue weighted by Gasteiger charge is 2.23. The first-order chi connectivity index (χ1) is 20.2. The Morgan fingerprint density at radius 3 is 2.68 bits per heavy atom. The molecule has 0 amide bonds. The highest BCUT2D eigenvalue weighted by atomic mass is 19.1. The molecular weight excluding hydrogens is 515 g/mol. The average molecular weight is 547 g/mol. The van der Waals surface area contributed by atoms with Gasteiger partial charge < -0.3 is 15.1 Å². The van der Waals surface area contributed by atoms with Crippen molar-refractivity contribution in [3.05, 3.63) is 102 Å². The molecular formula is C33H31FN6O. The Hall–Kier alpha value is -4.59. The van der Waals surface area contributed by atoms with Crippen LogP contribution in [0.1, 0.15) is 56.3 Å². The maximum atomic E-state index is 14.0. The monoisotopic (exact) mass is 546 g/mol. The van der Waals surface area contributed by atoms with Crippen LogP contribution in [0, 0.1) is 5.82 Å². The van der Waals surface area contributed by atoms with Crippen LogP contribution in [0.15, 0.2) is 89.6 Å². The van der Waals surface area contributed by atoms with E-state index in [1.807, 2.05) is 18.5 Å². The highest BCUT2D eigenvalue weighted by molar-refractivity contribution is 6.15. The topological polar surface area (TPSA) is 88.1 Å². The molecule has 0 radical (unpaired) electrons. The molecule has 7 nitrogen and oxygen atoms in total. The van der Waals surface area contributed by atoms with Gasteiger partial charge in [-0.25, -0.2) is 9.37 Å². The van der Waals surface area contributed by atoms with Gasteiger partial charge in [0.1, 0.15) is 17.3 Å². The van der Waals surface area contributed by atoms with Crippen molar-refractivity contribution in [3.8, 4) is 16.9 Å². The molecule has 7 rings (SSSR count). The van der Waals surface area contributed by atoms with E-state index in [-0.39, 0.29) is 5.82 Å². The summed E-state index contributed by atoms with van der Waals surface area (Å²) < 4.78 is 20.2. The fourth-order valence-electron chi connectivity index (χ4n) is 5.91. The quantitative estimate of drug-likeness (QED) is 0.284. The zero-order chi connectivity index (χ0) is 27.6. The number of pyridine rings is 2. The maximum Gasteiger partial charge on any atom is 0.159 e. The Morgan fingerprint density at radius 1 is 0.902 bits per heavy atom. The second-order valence-corrected chi connectivity index (χ2v) is 10.8. The zero-order valence-electron chi connectivity index (χ0n) is 22.7. The lowest BCUT2D eigenvalue weighted by Gasteiger charge is -2.23. The van der Waals surface area contributed by atoms with Gasteiger partial charge in [0.05, 0.1) is 36.1 Å². The molecule has 2 aliphatic carbocycles. The Balaban J connectivity index is 1.17. The number of benzene rings is 1. The number of hydrogen-bond acceptors (Lipinski definition) is 6. The normalized spacial score (nSPS) is 21.6. The SMILES string of the molecule is Fc1cccc(-c2cncc3[nH]c(C4=NNC/C5=C/C=C(/c6cncc(OC7CCCCC7)c6)CC\C=C/45)nc23)c1. The maximum absolute atomic E-state index is 14.0. The van der Waals surface area contributed by atoms with E-state index in [9.17, 15) is 4.39 Å². The van der Waals surface area contributed by atoms with Crippen LogP contribution in [0.25, 0.3) is 27.7 Å². The first-order valence-corrected chi connectivity index (χ1v) is 14.3. The number of rotatable bonds is 5. The van der Waals surface area contributed by atoms with Crippen LogP contribution in [0.2, 0.25) is 0 Å². The Bertz CT molecular complexity index is 1730. The molecule has 8 heteroatoms. The summed E-state index contributed by atoms with van der Waals surface area (Å²) in [5, 5.41) is 4.65. The van der Waals surface area contributed by atoms with Crippen molar-refractivity contribution in [3.63, 3.8) is 0 Å². The predicted molar refractivity (Wildman–Crippen MR) is 159 cm³/mol. The second-order valence-electron chi connectivity index (χ2n) is 10.8. The summed E-state index contributed by atoms with van der Waals surface area (Å²) in [5.74, 6) is 1.21. The van der Waals surface area contributed by atoms with E-state index >= 15 is 0 Å². The van der Waals surface area contributed by atoms with Crippen LogP contribution in [-0.2, 0) is 0 Å². The van der Waals surface area contributed by atoms with E-state index in [0.717, 1.165) is 76.0 Å². The number of hydrogen-bond donors (Lipinski definition) is 2. The van der Waals surface area contributed by atoms with Crippen LogP contribution < -0.4 is 10.2 Å². The molecule has 4 aromatic rings. The summed E-state index contributed by atoms with van der Waals surface area (Å²) in [6.07, 6.45) is 21.9. The number of imidazole rings is 1. The molecule has 2 N–H and O–H groups in total. The Kier molecular flexibility index (Phi) is 6.88. The van der Waals surface area contributed by atoms with Crippen molar-refractivity contribution in [1.82, 2.24) is 25.4 Å². The summed E-state index contributed by atoms with van der Waals surface area (Å²) in [5.41, 5.74) is 11.5. The van der Waals surface area contributed by atoms with Crippen molar-refractivity contribution < 1.29 is 9.13 Å². The number of allylic oxidation sites excluding steroid dienone is 4. The Morgan fingerprint density at radius 2 is 1.78 bits per heavy atom. The number of H-pyrrole nitrogens is 1. The molecule has 1 aliphatic heterocycles. The molecule has 1 fully saturated rings. The summed E-state index contributed by atoms with van der Waals surface area (Å²) in [7, 11) is 0. The molecule has 1 saturated carbocycles. The average Bonchev–Trinajstić information content (AvgIpc) is 3.43. The lowest BCUT2D eigenvalue weighted by atomic mass is 9.92. The third-order valence-corrected chi connectivity index (χ3v) is 8.00. The summed E-state index contributed by atoms with van der Waals surface area (Å²) >= 11 is 0. The van der Waals surface area contributed by atoms with Gasteiger partial charge >= 0.3 is 0 Å². The lowest BCUT2D eigenvalue weighted by molar-refractivity contribution is 0.154. The zero-order valence-corrected chi connectivity index (χ0v) is 22.7. The van der Waals surface area contributed by atoms with Gasteiger partial charge in [-0.1, -0.05) is 36.8 Å². The van der Waals surface area contributed by atoms with E-state index < -0.39 is 0 Å². The number of halogens is 1. The molecule has 206 valence electrons. The van der Waals surface area contributed by atoms with Gasteiger partial charge in [0.25, 0.3) is 0 Å². The third kappa shape index (κ3) is 5.29. The van der Waals surface area contributed by atoms with Gasteiger partial charge in [-0.2, -0.15) is 5.10 Å². The molecule has 0 spiro atoms. The highest BCUT2D eigenvalue weighted by Crippen LogP contribution is 2.32. The van der Waals surface area contributed by atoms with Crippen LogP contribution >= 0.6 is 0 Å². The van der Waals surface area contributed by atoms with Crippen LogP contribution in [-0.4, -0.2) is 38.3 Å². The number of aromatic nitrogens is 4. The molecule has 0 bridgehead atoms. The lowest BCUT2D eigenvalue weighted by Crippen LogP contribution is -2.26. The summed E-state index contributed by atoms with van der Waals surface area (Å²) in [4.78, 5) is 17.2. The first-order valence-electron chi connectivity index (χ1n) is 14.3. The first kappa shape index (κ1) is 25.4. The van der Waals surface area contributed by atoms with Crippen LogP contribution in [0.4, 0.5) is 4.39 Å². The third-order valence-electron chi connectivity index (χ3n) is 8.00. The number of fused-ring (bicyclic) bond motifs is 2. The fourth-order valence-corrected chi connectivity index (χ4v) is 5.91. The standard InChI is InChI=1S/C33H31FN6O/c34-25-8-4-7-22(14-25)29-19-36-20-30-31(29)39-33(38-30)32-28-11-5-6-21(12-13-23(28)17-37-40-32)24-15-27(18-35-16-24)41-26-9-2-1-3-10-26/h4,7-8,11-16,18-20,26,37H,1-3,5-6,9-10,17H2,(H,38,39)/b21-12+,23-13-,28-11-. The summed E-state index contributed by atoms with van der Waals surface area (Å²) in [6.45, 7) is 0.624. The van der Waals surface area contributed by atoms with Gasteiger partial charge in [0.2, 0.25) is 0 Å². The number of ether oxygens (including phenoxy) is 1. The molecule has 0 atom stereocenters. The smallest absolute Gasteiger partial charge is 0.159 e. The van der Waals surface area contributed by atoms with Crippen LogP contribution in [0.3, 0.4) is 0 Å². The minimum atomic E-state index is -0.294. The van der Waals surface area contributed by atoms with E-state index in [0.29, 0.717) is 18.5 Å². The van der Waals surface area contributed by atoms with Crippen molar-refractivity contribution in [1.29, 1.82) is 0 Å². The Labute approximate surface area is 238 Å². The molecule has 41 heavy (non-hydrogen) atoms. The number of hydrazone groups is 1. The molecule has 0 unspecified atom stereocenters. The van der Waals surface area contributed by atoms with Gasteiger partial charge in [-0.05, 0) is 79.0 Å². The van der Waals surface area contributed by atoms with E-state index in [1.54, 1.807) is 18.5 Å². The molecule has 4 heterocycles. The predicted octanol–water partition coefficient (Wildman–Crippen LogP) is 6.91. The fraction of sp³-hybridized carbons (Fsp3) is 0.273. The second kappa shape index (κ2) is 11.1. The summed E-state index contributed by atoms with van der Waals surface area (Å²) in [6, 6.07) is 8.62. The molecule has 3 aliphatic rings. The van der Waals surface area contributed by atoms with Crippen molar-refractivity contribution >= 4 is 22.3 Å². The number of nitrogens with one attached hydrogen (secondary N) is 2. The van der Waals surface area contributed by atoms with E-state index in [4.69, 9.17) is 9.72 Å². The molecule has 0 saturated heterocycles. The number of nitrogens with zero attached hydrogens (tertiary/aromatic N) is 4. The number of aromatic amines is 1. The van der Waals surface area contributed by atoms with E-state index in [2.05, 4.69) is 49.8 Å². The van der Waals surface area contributed by atoms with Crippen molar-refractivity contribution in [2.24, 2.45) is 5.10 Å². The van der Waals surface area contributed by atoms with E-state index in [1.165, 1.54) is 37.0 Å². The minimum Gasteiger partial charge on any atom is -0.489 e. The van der Waals surface area contributed by atoms with Gasteiger partial charge in [-0.15, -0.1) is 0 Å². The van der Waals surface area contributed by atoms with Gasteiger partial charge in [0.15, 0.2) is 5.82 Å². The van der Waals surface area contributed by atoms with Gasteiger partial charge in [0, 0.05) is 23.5 Å². The molecule has 1 aromatic carbocycles. The van der Waals surface area contributed by atoms with Crippen LogP contribution in [0.5, 0.6) is 5.75 Å². The minimum absolute atomic E-state index is 0.294.